The molecular formula is C9H11FN2O5. The van der Waals surface area contributed by atoms with Gasteiger partial charge in [0.1, 0.15) is 6.10 Å². The van der Waals surface area contributed by atoms with Gasteiger partial charge in [0.15, 0.2) is 6.23 Å². The van der Waals surface area contributed by atoms with Gasteiger partial charge < -0.3 is 14.9 Å². The Labute approximate surface area is 94.1 Å². The van der Waals surface area contributed by atoms with Crippen molar-refractivity contribution in [2.75, 3.05) is 6.61 Å². The Morgan fingerprint density at radius 1 is 1.59 bits per heavy atom. The Balaban J connectivity index is 2.38. The largest absolute Gasteiger partial charge is 0.394 e. The van der Waals surface area contributed by atoms with Crippen molar-refractivity contribution in [3.63, 3.8) is 0 Å². The zero-order chi connectivity index (χ0) is 12.6. The van der Waals surface area contributed by atoms with Crippen LogP contribution in [0.25, 0.3) is 0 Å². The van der Waals surface area contributed by atoms with E-state index < -0.39 is 35.5 Å². The highest BCUT2D eigenvalue weighted by Gasteiger charge is 2.35. The van der Waals surface area contributed by atoms with Crippen LogP contribution in [0.4, 0.5) is 4.39 Å². The summed E-state index contributed by atoms with van der Waals surface area (Å²) in [5, 5.41) is 18.5. The summed E-state index contributed by atoms with van der Waals surface area (Å²) in [6.07, 6.45) is -1.96. The lowest BCUT2D eigenvalue weighted by Gasteiger charge is -2.16. The van der Waals surface area contributed by atoms with E-state index in [9.17, 15) is 19.1 Å². The Morgan fingerprint density at radius 2 is 2.29 bits per heavy atom. The van der Waals surface area contributed by atoms with E-state index in [1.807, 2.05) is 0 Å². The molecule has 8 heteroatoms. The predicted molar refractivity (Wildman–Crippen MR) is 52.9 cm³/mol. The minimum absolute atomic E-state index is 0.133. The fraction of sp³-hybridized carbons (Fsp3) is 0.556. The van der Waals surface area contributed by atoms with Crippen LogP contribution in [0.1, 0.15) is 12.6 Å². The lowest BCUT2D eigenvalue weighted by atomic mass is 10.2. The van der Waals surface area contributed by atoms with Crippen LogP contribution in [0.5, 0.6) is 0 Å². The fourth-order valence-electron chi connectivity index (χ4n) is 1.75. The molecule has 0 radical (unpaired) electrons. The van der Waals surface area contributed by atoms with Gasteiger partial charge in [-0.15, -0.1) is 0 Å². The molecule has 1 saturated heterocycles. The molecule has 94 valence electrons. The minimum Gasteiger partial charge on any atom is -0.394 e. The number of aliphatic hydroxyl groups excluding tert-OH is 2. The van der Waals surface area contributed by atoms with Gasteiger partial charge in [-0.2, -0.15) is 4.39 Å². The van der Waals surface area contributed by atoms with E-state index in [2.05, 4.69) is 0 Å². The molecule has 0 aliphatic carbocycles. The third-order valence-electron chi connectivity index (χ3n) is 2.57. The highest BCUT2D eigenvalue weighted by molar-refractivity contribution is 4.91. The van der Waals surface area contributed by atoms with E-state index in [0.717, 1.165) is 4.57 Å². The van der Waals surface area contributed by atoms with Crippen LogP contribution in [0.3, 0.4) is 0 Å². The molecular weight excluding hydrogens is 235 g/mol. The fourth-order valence-corrected chi connectivity index (χ4v) is 1.75. The van der Waals surface area contributed by atoms with Crippen molar-refractivity contribution in [1.82, 2.24) is 9.55 Å². The number of nitrogens with one attached hydrogen (secondary N) is 1. The number of ether oxygens (including phenoxy) is 1. The monoisotopic (exact) mass is 246 g/mol. The maximum atomic E-state index is 13.0. The maximum absolute atomic E-state index is 13.0. The molecule has 3 atom stereocenters. The van der Waals surface area contributed by atoms with Crippen molar-refractivity contribution in [3.8, 4) is 0 Å². The summed E-state index contributed by atoms with van der Waals surface area (Å²) < 4.78 is 18.9. The van der Waals surface area contributed by atoms with Crippen molar-refractivity contribution >= 4 is 0 Å². The number of rotatable bonds is 2. The summed E-state index contributed by atoms with van der Waals surface area (Å²) in [4.78, 5) is 24.0. The van der Waals surface area contributed by atoms with Gasteiger partial charge in [0.05, 0.1) is 18.9 Å². The van der Waals surface area contributed by atoms with Crippen LogP contribution in [0.15, 0.2) is 15.8 Å². The van der Waals surface area contributed by atoms with Crippen LogP contribution in [0.2, 0.25) is 0 Å². The van der Waals surface area contributed by atoms with Crippen LogP contribution in [-0.4, -0.2) is 38.6 Å². The molecule has 0 aromatic carbocycles. The summed E-state index contributed by atoms with van der Waals surface area (Å²) >= 11 is 0. The number of hydrogen-bond acceptors (Lipinski definition) is 5. The second kappa shape index (κ2) is 4.40. The maximum Gasteiger partial charge on any atom is 0.330 e. The lowest BCUT2D eigenvalue weighted by molar-refractivity contribution is -0.0535. The number of aromatic nitrogens is 2. The van der Waals surface area contributed by atoms with Gasteiger partial charge >= 0.3 is 5.69 Å². The number of nitrogens with zero attached hydrogens (tertiary/aromatic N) is 1. The second-order valence-corrected chi connectivity index (χ2v) is 3.78. The van der Waals surface area contributed by atoms with E-state index in [1.54, 1.807) is 4.98 Å². The van der Waals surface area contributed by atoms with Crippen LogP contribution < -0.4 is 11.2 Å². The standard InChI is InChI=1S/C9H11FN2O5/c10-5-2-12(9(16)11-7(5)15)8-6(14)1-4(3-13)17-8/h2,4,6,8,13-14H,1,3H2,(H,11,15,16)/t4-,6-,8+/m0/s1. The number of H-pyrrole nitrogens is 1. The summed E-state index contributed by atoms with van der Waals surface area (Å²) in [5.41, 5.74) is -2.00. The molecule has 17 heavy (non-hydrogen) atoms. The molecule has 0 saturated carbocycles. The average Bonchev–Trinajstić information content (AvgIpc) is 2.65. The Morgan fingerprint density at radius 3 is 2.88 bits per heavy atom. The normalized spacial score (nSPS) is 28.5. The molecule has 0 bridgehead atoms. The topological polar surface area (TPSA) is 105 Å². The molecule has 0 unspecified atom stereocenters. The third kappa shape index (κ3) is 2.14. The Hall–Kier alpha value is -1.51. The number of halogens is 1. The third-order valence-corrected chi connectivity index (χ3v) is 2.57. The SMILES string of the molecule is O=c1[nH]c(=O)n([C@@H]2O[C@H](CO)C[C@@H]2O)cc1F. The summed E-state index contributed by atoms with van der Waals surface area (Å²) in [6, 6.07) is 0. The van der Waals surface area contributed by atoms with Crippen LogP contribution >= 0.6 is 0 Å². The van der Waals surface area contributed by atoms with E-state index >= 15 is 0 Å². The van der Waals surface area contributed by atoms with E-state index in [-0.39, 0.29) is 13.0 Å². The first-order valence-electron chi connectivity index (χ1n) is 4.98. The molecule has 2 heterocycles. The zero-order valence-electron chi connectivity index (χ0n) is 8.67. The zero-order valence-corrected chi connectivity index (χ0v) is 8.67. The van der Waals surface area contributed by atoms with Crippen molar-refractivity contribution < 1.29 is 19.3 Å². The molecule has 1 aromatic heterocycles. The van der Waals surface area contributed by atoms with Gasteiger partial charge in [0.25, 0.3) is 5.56 Å². The second-order valence-electron chi connectivity index (χ2n) is 3.78. The Bertz CT molecular complexity index is 525. The molecule has 1 aliphatic rings. The Kier molecular flexibility index (Phi) is 3.09. The van der Waals surface area contributed by atoms with Gasteiger partial charge in [-0.25, -0.2) is 4.79 Å². The first-order valence-corrected chi connectivity index (χ1v) is 4.98. The number of hydrogen-bond donors (Lipinski definition) is 3. The average molecular weight is 246 g/mol. The number of aromatic amines is 1. The van der Waals surface area contributed by atoms with Crippen molar-refractivity contribution in [1.29, 1.82) is 0 Å². The van der Waals surface area contributed by atoms with Gasteiger partial charge in [0.2, 0.25) is 5.82 Å². The smallest absolute Gasteiger partial charge is 0.330 e. The minimum atomic E-state index is -1.15. The molecule has 0 amide bonds. The molecule has 1 aliphatic heterocycles. The molecule has 1 aromatic rings. The van der Waals surface area contributed by atoms with Crippen molar-refractivity contribution in [2.45, 2.75) is 24.9 Å². The molecule has 0 spiro atoms. The van der Waals surface area contributed by atoms with E-state index in [1.165, 1.54) is 0 Å². The first kappa shape index (κ1) is 12.0. The quantitative estimate of drug-likeness (QED) is 0.578. The molecule has 7 nitrogen and oxygen atoms in total. The van der Waals surface area contributed by atoms with Crippen molar-refractivity contribution in [2.24, 2.45) is 0 Å². The van der Waals surface area contributed by atoms with Gasteiger partial charge in [0, 0.05) is 6.42 Å². The van der Waals surface area contributed by atoms with Crippen LogP contribution in [-0.2, 0) is 4.74 Å². The van der Waals surface area contributed by atoms with Gasteiger partial charge in [-0.05, 0) is 0 Å². The first-order chi connectivity index (χ1) is 8.02. The highest BCUT2D eigenvalue weighted by Crippen LogP contribution is 2.27. The number of aliphatic hydroxyl groups is 2. The lowest BCUT2D eigenvalue weighted by Crippen LogP contribution is -2.36. The molecule has 3 N–H and O–H groups in total. The summed E-state index contributed by atoms with van der Waals surface area (Å²) in [5.74, 6) is -1.15. The predicted octanol–water partition coefficient (Wildman–Crippen LogP) is -1.68. The van der Waals surface area contributed by atoms with Gasteiger partial charge in [-0.3, -0.25) is 14.3 Å². The summed E-state index contributed by atoms with van der Waals surface area (Å²) in [7, 11) is 0. The molecule has 1 fully saturated rings. The highest BCUT2D eigenvalue weighted by atomic mass is 19.1. The van der Waals surface area contributed by atoms with E-state index in [4.69, 9.17) is 9.84 Å². The summed E-state index contributed by atoms with van der Waals surface area (Å²) in [6.45, 7) is -0.311. The van der Waals surface area contributed by atoms with Crippen molar-refractivity contribution in [3.05, 3.63) is 32.9 Å². The van der Waals surface area contributed by atoms with Crippen LogP contribution in [0, 0.1) is 5.82 Å². The van der Waals surface area contributed by atoms with E-state index in [0.29, 0.717) is 6.20 Å². The molecule has 2 rings (SSSR count). The van der Waals surface area contributed by atoms with Gasteiger partial charge in [-0.1, -0.05) is 0 Å².